The van der Waals surface area contributed by atoms with E-state index >= 15 is 0 Å². The largest absolute Gasteiger partial charge is 2.00 e. The molecule has 0 aromatic heterocycles. The number of thiocarbonyl (C=S) groups is 2. The van der Waals surface area contributed by atoms with Gasteiger partial charge in [0.2, 0.25) is 0 Å². The molecule has 0 aromatic carbocycles. The zero-order valence-electron chi connectivity index (χ0n) is 17.9. The van der Waals surface area contributed by atoms with E-state index in [-0.39, 0.29) is 48.1 Å². The van der Waals surface area contributed by atoms with Crippen molar-refractivity contribution in [3.8, 4) is 0 Å². The Morgan fingerprint density at radius 1 is 0.593 bits per heavy atom. The fourth-order valence-corrected chi connectivity index (χ4v) is 2.81. The van der Waals surface area contributed by atoms with Crippen LogP contribution in [0.4, 0.5) is 0 Å². The fraction of sp³-hybridized carbons (Fsp3) is 0.889. The van der Waals surface area contributed by atoms with E-state index in [2.05, 4.69) is 65.2 Å². The van der Waals surface area contributed by atoms with Crippen molar-refractivity contribution in [3.05, 3.63) is 0 Å². The van der Waals surface area contributed by atoms with E-state index in [0.717, 1.165) is 26.2 Å². The zero-order chi connectivity index (χ0) is 19.4. The van der Waals surface area contributed by atoms with Crippen LogP contribution in [0.2, 0.25) is 0 Å². The van der Waals surface area contributed by atoms with E-state index in [4.69, 9.17) is 49.7 Å². The van der Waals surface area contributed by atoms with E-state index in [0.29, 0.717) is 32.3 Å². The van der Waals surface area contributed by atoms with Crippen LogP contribution >= 0.6 is 24.4 Å². The maximum absolute atomic E-state index is 4.99. The molecule has 0 saturated carbocycles. The van der Waals surface area contributed by atoms with Crippen LogP contribution in [0.25, 0.3) is 0 Å². The molecule has 2 nitrogen and oxygen atoms in total. The van der Waals surface area contributed by atoms with Crippen molar-refractivity contribution in [1.29, 1.82) is 0 Å². The predicted molar refractivity (Wildman–Crippen MR) is 137 cm³/mol. The summed E-state index contributed by atoms with van der Waals surface area (Å²) in [5.41, 5.74) is 0. The third kappa shape index (κ3) is 27.6. The number of hydrogen-bond acceptors (Lipinski definition) is 4. The molecule has 9 heteroatoms. The Morgan fingerprint density at radius 3 is 0.815 bits per heavy atom. The Balaban J connectivity index is -0.000000108. The predicted octanol–water partition coefficient (Wildman–Crippen LogP) is 4.86. The minimum atomic E-state index is 0. The normalized spacial score (nSPS) is 9.63. The summed E-state index contributed by atoms with van der Waals surface area (Å²) in [5, 5.41) is 0. The van der Waals surface area contributed by atoms with Gasteiger partial charge in [-0.1, -0.05) is 64.0 Å². The monoisotopic (exact) mass is 570 g/mol. The van der Waals surface area contributed by atoms with E-state index in [1.807, 2.05) is 0 Å². The van der Waals surface area contributed by atoms with Crippen molar-refractivity contribution in [1.82, 2.24) is 9.80 Å². The molecule has 0 N–H and O–H groups in total. The van der Waals surface area contributed by atoms with Gasteiger partial charge in [-0.05, 0) is 23.7 Å². The summed E-state index contributed by atoms with van der Waals surface area (Å²) in [6, 6.07) is 0. The molecule has 0 amide bonds. The van der Waals surface area contributed by atoms with Gasteiger partial charge in [0.25, 0.3) is 0 Å². The first-order valence-corrected chi connectivity index (χ1v) is 10.4. The SMILES string of the molecule is CC(C)CN(CC(C)C)C(=S)[S-].CC(C)CN(CC(C)C)C(=S)[S-].[Mo].[S-2].[S-2]. The molecule has 0 fully saturated rings. The first-order valence-electron chi connectivity index (χ1n) is 8.78. The third-order valence-electron chi connectivity index (χ3n) is 2.86. The number of rotatable bonds is 8. The van der Waals surface area contributed by atoms with Crippen LogP contribution in [0, 0.1) is 23.7 Å². The standard InChI is InChI=1S/2C9H19NS2.Mo.2S/c2*1-7(2)5-10(9(11)12)6-8(3)4;;;/h2*7-8H,5-6H2,1-4H3,(H,11,12);;;/q;;;2*-2/p-2. The average Bonchev–Trinajstić information content (AvgIpc) is 2.35. The zero-order valence-corrected chi connectivity index (χ0v) is 24.8. The van der Waals surface area contributed by atoms with Gasteiger partial charge in [0.05, 0.1) is 0 Å². The molecular weight excluding hydrogens is 533 g/mol. The summed E-state index contributed by atoms with van der Waals surface area (Å²) in [7, 11) is 0. The fourth-order valence-electron chi connectivity index (χ4n) is 2.21. The van der Waals surface area contributed by atoms with Gasteiger partial charge in [-0.15, -0.1) is 0 Å². The molecule has 0 aliphatic heterocycles. The Morgan fingerprint density at radius 2 is 0.741 bits per heavy atom. The van der Waals surface area contributed by atoms with Gasteiger partial charge in [-0.2, -0.15) is 0 Å². The Hall–Kier alpha value is 1.61. The van der Waals surface area contributed by atoms with Gasteiger partial charge >= 0.3 is 0 Å². The van der Waals surface area contributed by atoms with Crippen molar-refractivity contribution in [2.24, 2.45) is 23.7 Å². The van der Waals surface area contributed by atoms with E-state index < -0.39 is 0 Å². The van der Waals surface area contributed by atoms with Gasteiger partial charge in [0.15, 0.2) is 0 Å². The van der Waals surface area contributed by atoms with E-state index in [1.165, 1.54) is 0 Å². The van der Waals surface area contributed by atoms with Crippen LogP contribution in [-0.4, -0.2) is 44.6 Å². The summed E-state index contributed by atoms with van der Waals surface area (Å²) >= 11 is 20.0. The molecule has 0 aliphatic rings. The Kier molecular flexibility index (Phi) is 32.3. The van der Waals surface area contributed by atoms with Crippen LogP contribution in [-0.2, 0) is 73.3 Å². The molecule has 0 bridgehead atoms. The molecule has 0 aliphatic carbocycles. The summed E-state index contributed by atoms with van der Waals surface area (Å²) in [6.07, 6.45) is 0. The van der Waals surface area contributed by atoms with Crippen molar-refractivity contribution >= 4 is 85.3 Å². The quantitative estimate of drug-likeness (QED) is 0.233. The summed E-state index contributed by atoms with van der Waals surface area (Å²) in [6.45, 7) is 21.4. The van der Waals surface area contributed by atoms with Crippen LogP contribution < -0.4 is 0 Å². The molecule has 27 heavy (non-hydrogen) atoms. The number of hydrogen-bond donors (Lipinski definition) is 0. The maximum atomic E-state index is 4.99. The molecule has 0 atom stereocenters. The second kappa shape index (κ2) is 22.3. The Labute approximate surface area is 219 Å². The molecule has 0 spiro atoms. The molecular formula is C18H36MoN2S6-6. The molecule has 0 saturated heterocycles. The summed E-state index contributed by atoms with van der Waals surface area (Å²) in [5.74, 6) is 2.52. The second-order valence-corrected chi connectivity index (χ2v) is 9.98. The molecule has 0 aromatic rings. The van der Waals surface area contributed by atoms with Crippen LogP contribution in [0.3, 0.4) is 0 Å². The van der Waals surface area contributed by atoms with E-state index in [9.17, 15) is 0 Å². The topological polar surface area (TPSA) is 6.48 Å². The van der Waals surface area contributed by atoms with Crippen molar-refractivity contribution in [2.75, 3.05) is 26.2 Å². The van der Waals surface area contributed by atoms with Gasteiger partial charge < -0.3 is 86.5 Å². The molecule has 166 valence electrons. The first-order chi connectivity index (χ1) is 10.9. The Bertz CT molecular complexity index is 312. The minimum absolute atomic E-state index is 0. The van der Waals surface area contributed by atoms with Gasteiger partial charge in [-0.3, -0.25) is 0 Å². The number of nitrogens with zero attached hydrogens (tertiary/aromatic N) is 2. The molecule has 0 unspecified atom stereocenters. The first kappa shape index (κ1) is 39.1. The summed E-state index contributed by atoms with van der Waals surface area (Å²) < 4.78 is 1.22. The summed E-state index contributed by atoms with van der Waals surface area (Å²) in [4.78, 5) is 4.22. The molecule has 0 rings (SSSR count). The van der Waals surface area contributed by atoms with Gasteiger partial charge in [0, 0.05) is 47.2 Å². The third-order valence-corrected chi connectivity index (χ3v) is 3.89. The second-order valence-electron chi connectivity index (χ2n) is 7.92. The van der Waals surface area contributed by atoms with Crippen molar-refractivity contribution in [3.63, 3.8) is 0 Å². The van der Waals surface area contributed by atoms with E-state index in [1.54, 1.807) is 0 Å². The van der Waals surface area contributed by atoms with Crippen molar-refractivity contribution in [2.45, 2.75) is 55.4 Å². The van der Waals surface area contributed by atoms with Crippen LogP contribution in [0.15, 0.2) is 0 Å². The van der Waals surface area contributed by atoms with Crippen LogP contribution in [0.1, 0.15) is 55.4 Å². The molecule has 0 heterocycles. The van der Waals surface area contributed by atoms with Gasteiger partial charge in [0.1, 0.15) is 0 Å². The molecule has 0 radical (unpaired) electrons. The maximum Gasteiger partial charge on any atom is 0.0185 e. The minimum Gasteiger partial charge on any atom is -2.00 e. The average molecular weight is 569 g/mol. The van der Waals surface area contributed by atoms with Gasteiger partial charge in [-0.25, -0.2) is 0 Å². The van der Waals surface area contributed by atoms with Crippen LogP contribution in [0.5, 0.6) is 0 Å². The van der Waals surface area contributed by atoms with Crippen molar-refractivity contribution < 1.29 is 21.1 Å². The smallest absolute Gasteiger partial charge is 0.0185 e.